The maximum Gasteiger partial charge on any atom is 0.314 e. The summed E-state index contributed by atoms with van der Waals surface area (Å²) >= 11 is 0. The Morgan fingerprint density at radius 1 is 1.35 bits per heavy atom. The highest BCUT2D eigenvalue weighted by molar-refractivity contribution is 5.92. The highest BCUT2D eigenvalue weighted by Gasteiger charge is 2.51. The van der Waals surface area contributed by atoms with E-state index in [1.54, 1.807) is 24.3 Å². The summed E-state index contributed by atoms with van der Waals surface area (Å²) in [4.78, 5) is 21.7. The van der Waals surface area contributed by atoms with E-state index in [9.17, 15) is 9.59 Å². The van der Waals surface area contributed by atoms with Gasteiger partial charge >= 0.3 is 5.97 Å². The molecule has 0 heterocycles. The molecular formula is C13H11NO3. The first-order valence-electron chi connectivity index (χ1n) is 5.20. The number of carboxylic acid groups (broad SMARTS) is 1. The third-order valence-corrected chi connectivity index (χ3v) is 2.90. The van der Waals surface area contributed by atoms with Crippen LogP contribution >= 0.6 is 0 Å². The molecular weight excluding hydrogens is 218 g/mol. The predicted molar refractivity (Wildman–Crippen MR) is 61.1 cm³/mol. The van der Waals surface area contributed by atoms with Gasteiger partial charge in [-0.15, -0.1) is 0 Å². The quantitative estimate of drug-likeness (QED) is 0.730. The third kappa shape index (κ3) is 2.13. The number of aliphatic carboxylic acids is 1. The van der Waals surface area contributed by atoms with E-state index in [0.29, 0.717) is 18.4 Å². The second-order valence-corrected chi connectivity index (χ2v) is 4.08. The Hall–Kier alpha value is -2.28. The number of primary amides is 1. The van der Waals surface area contributed by atoms with E-state index >= 15 is 0 Å². The van der Waals surface area contributed by atoms with Gasteiger partial charge in [-0.05, 0) is 36.5 Å². The number of rotatable bonds is 2. The molecule has 3 N–H and O–H groups in total. The van der Waals surface area contributed by atoms with E-state index < -0.39 is 17.3 Å². The average molecular weight is 229 g/mol. The van der Waals surface area contributed by atoms with E-state index in [4.69, 9.17) is 10.8 Å². The summed E-state index contributed by atoms with van der Waals surface area (Å²) in [5.74, 6) is 3.33. The first-order chi connectivity index (χ1) is 8.04. The Morgan fingerprint density at radius 2 is 2.06 bits per heavy atom. The van der Waals surface area contributed by atoms with Gasteiger partial charge in [0.1, 0.15) is 0 Å². The SMILES string of the molecule is NC(=O)C#Cc1cccc(C2(C(=O)O)CC2)c1. The number of benzene rings is 1. The molecule has 4 nitrogen and oxygen atoms in total. The number of carbonyl (C=O) groups is 2. The molecule has 0 saturated heterocycles. The molecule has 0 spiro atoms. The van der Waals surface area contributed by atoms with E-state index in [2.05, 4.69) is 11.8 Å². The Kier molecular flexibility index (Phi) is 2.60. The Morgan fingerprint density at radius 3 is 2.59 bits per heavy atom. The van der Waals surface area contributed by atoms with Crippen molar-refractivity contribution in [1.82, 2.24) is 0 Å². The molecule has 2 rings (SSSR count). The minimum atomic E-state index is -0.808. The van der Waals surface area contributed by atoms with Crippen LogP contribution in [0.4, 0.5) is 0 Å². The first kappa shape index (κ1) is 11.2. The maximum atomic E-state index is 11.2. The van der Waals surface area contributed by atoms with Crippen molar-refractivity contribution in [3.63, 3.8) is 0 Å². The molecule has 0 atom stereocenters. The molecule has 1 fully saturated rings. The molecule has 1 aromatic carbocycles. The molecule has 1 aliphatic carbocycles. The zero-order valence-corrected chi connectivity index (χ0v) is 9.06. The van der Waals surface area contributed by atoms with Crippen LogP contribution in [0.25, 0.3) is 0 Å². The van der Waals surface area contributed by atoms with Crippen molar-refractivity contribution in [3.8, 4) is 11.8 Å². The standard InChI is InChI=1S/C13H11NO3/c14-11(15)5-4-9-2-1-3-10(8-9)13(6-7-13)12(16)17/h1-3,8H,6-7H2,(H2,14,15)(H,16,17). The van der Waals surface area contributed by atoms with E-state index in [-0.39, 0.29) is 0 Å². The van der Waals surface area contributed by atoms with Crippen LogP contribution in [0, 0.1) is 11.8 Å². The molecule has 1 amide bonds. The van der Waals surface area contributed by atoms with E-state index in [0.717, 1.165) is 5.56 Å². The molecule has 0 bridgehead atoms. The Balaban J connectivity index is 2.34. The number of hydrogen-bond acceptors (Lipinski definition) is 2. The van der Waals surface area contributed by atoms with Crippen molar-refractivity contribution in [2.24, 2.45) is 5.73 Å². The van der Waals surface area contributed by atoms with Crippen molar-refractivity contribution in [2.45, 2.75) is 18.3 Å². The number of amides is 1. The number of hydrogen-bond donors (Lipinski definition) is 2. The Bertz CT molecular complexity index is 547. The van der Waals surface area contributed by atoms with E-state index in [1.807, 2.05) is 0 Å². The van der Waals surface area contributed by atoms with Gasteiger partial charge in [0, 0.05) is 5.56 Å². The average Bonchev–Trinajstić information content (AvgIpc) is 3.08. The van der Waals surface area contributed by atoms with Gasteiger partial charge in [0.25, 0.3) is 5.91 Å². The molecule has 0 aliphatic heterocycles. The molecule has 0 radical (unpaired) electrons. The zero-order chi connectivity index (χ0) is 12.5. The molecule has 1 saturated carbocycles. The molecule has 4 heteroatoms. The monoisotopic (exact) mass is 229 g/mol. The summed E-state index contributed by atoms with van der Waals surface area (Å²) in [6.07, 6.45) is 1.30. The predicted octanol–water partition coefficient (Wildman–Crippen LogP) is 0.640. The molecule has 86 valence electrons. The number of carbonyl (C=O) groups excluding carboxylic acids is 1. The van der Waals surface area contributed by atoms with Gasteiger partial charge in [-0.1, -0.05) is 18.1 Å². The molecule has 0 aromatic heterocycles. The van der Waals surface area contributed by atoms with Crippen molar-refractivity contribution >= 4 is 11.9 Å². The fourth-order valence-electron chi connectivity index (χ4n) is 1.78. The van der Waals surface area contributed by atoms with Crippen molar-refractivity contribution in [3.05, 3.63) is 35.4 Å². The second kappa shape index (κ2) is 3.95. The number of nitrogens with two attached hydrogens (primary N) is 1. The maximum absolute atomic E-state index is 11.2. The highest BCUT2D eigenvalue weighted by atomic mass is 16.4. The van der Waals surface area contributed by atoms with Crippen molar-refractivity contribution in [1.29, 1.82) is 0 Å². The van der Waals surface area contributed by atoms with Gasteiger partial charge in [-0.2, -0.15) is 0 Å². The normalized spacial score (nSPS) is 15.5. The summed E-state index contributed by atoms with van der Waals surface area (Å²) in [7, 11) is 0. The van der Waals surface area contributed by atoms with E-state index in [1.165, 1.54) is 0 Å². The van der Waals surface area contributed by atoms with Crippen LogP contribution < -0.4 is 5.73 Å². The molecule has 1 aliphatic rings. The minimum Gasteiger partial charge on any atom is -0.481 e. The molecule has 1 aromatic rings. The summed E-state index contributed by atoms with van der Waals surface area (Å²) in [5.41, 5.74) is 5.52. The van der Waals surface area contributed by atoms with Crippen LogP contribution in [0.1, 0.15) is 24.0 Å². The van der Waals surface area contributed by atoms with Gasteiger partial charge in [-0.3, -0.25) is 9.59 Å². The summed E-state index contributed by atoms with van der Waals surface area (Å²) in [6.45, 7) is 0. The van der Waals surface area contributed by atoms with Crippen molar-refractivity contribution < 1.29 is 14.7 Å². The smallest absolute Gasteiger partial charge is 0.314 e. The first-order valence-corrected chi connectivity index (χ1v) is 5.20. The lowest BCUT2D eigenvalue weighted by Crippen LogP contribution is -2.19. The van der Waals surface area contributed by atoms with Gasteiger partial charge < -0.3 is 10.8 Å². The van der Waals surface area contributed by atoms with Crippen molar-refractivity contribution in [2.75, 3.05) is 0 Å². The van der Waals surface area contributed by atoms with Gasteiger partial charge in [0.05, 0.1) is 5.41 Å². The van der Waals surface area contributed by atoms with Crippen LogP contribution in [-0.2, 0) is 15.0 Å². The van der Waals surface area contributed by atoms with Crippen LogP contribution in [-0.4, -0.2) is 17.0 Å². The van der Waals surface area contributed by atoms with Gasteiger partial charge in [-0.25, -0.2) is 0 Å². The van der Waals surface area contributed by atoms with Gasteiger partial charge in [0.2, 0.25) is 0 Å². The van der Waals surface area contributed by atoms with Gasteiger partial charge in [0.15, 0.2) is 0 Å². The third-order valence-electron chi connectivity index (χ3n) is 2.90. The largest absolute Gasteiger partial charge is 0.481 e. The fourth-order valence-corrected chi connectivity index (χ4v) is 1.78. The van der Waals surface area contributed by atoms with Crippen LogP contribution in [0.2, 0.25) is 0 Å². The summed E-state index contributed by atoms with van der Waals surface area (Å²) < 4.78 is 0. The molecule has 0 unspecified atom stereocenters. The topological polar surface area (TPSA) is 80.4 Å². The second-order valence-electron chi connectivity index (χ2n) is 4.08. The number of carboxylic acids is 1. The lowest BCUT2D eigenvalue weighted by molar-refractivity contribution is -0.140. The summed E-state index contributed by atoms with van der Waals surface area (Å²) in [6, 6.07) is 6.94. The lowest BCUT2D eigenvalue weighted by atomic mass is 9.94. The Labute approximate surface area is 98.4 Å². The highest BCUT2D eigenvalue weighted by Crippen LogP contribution is 2.48. The molecule has 17 heavy (non-hydrogen) atoms. The lowest BCUT2D eigenvalue weighted by Gasteiger charge is -2.09. The fraction of sp³-hybridized carbons (Fsp3) is 0.231. The summed E-state index contributed by atoms with van der Waals surface area (Å²) in [5, 5.41) is 9.16. The van der Waals surface area contributed by atoms with Crippen LogP contribution in [0.5, 0.6) is 0 Å². The van der Waals surface area contributed by atoms with Crippen LogP contribution in [0.15, 0.2) is 24.3 Å². The zero-order valence-electron chi connectivity index (χ0n) is 9.06. The van der Waals surface area contributed by atoms with Crippen LogP contribution in [0.3, 0.4) is 0 Å². The minimum absolute atomic E-state index is 0.605.